The molecule has 6 nitrogen and oxygen atoms in total. The van der Waals surface area contributed by atoms with Crippen LogP contribution in [0.15, 0.2) is 24.3 Å². The van der Waals surface area contributed by atoms with Crippen molar-refractivity contribution in [3.63, 3.8) is 0 Å². The van der Waals surface area contributed by atoms with Crippen LogP contribution in [-0.2, 0) is 14.9 Å². The first kappa shape index (κ1) is 20.2. The Morgan fingerprint density at radius 3 is 2.48 bits per heavy atom. The smallest absolute Gasteiger partial charge is 0.409 e. The van der Waals surface area contributed by atoms with Crippen molar-refractivity contribution in [1.29, 1.82) is 0 Å². The zero-order chi connectivity index (χ0) is 20.4. The highest BCUT2D eigenvalue weighted by atomic mass is 16.5. The highest BCUT2D eigenvalue weighted by molar-refractivity contribution is 5.74. The largest absolute Gasteiger partial charge is 0.453 e. The van der Waals surface area contributed by atoms with E-state index in [9.17, 15) is 9.59 Å². The fourth-order valence-corrected chi connectivity index (χ4v) is 5.70. The summed E-state index contributed by atoms with van der Waals surface area (Å²) in [6.45, 7) is 6.57. The zero-order valence-electron chi connectivity index (χ0n) is 17.7. The second-order valence-corrected chi connectivity index (χ2v) is 9.03. The van der Waals surface area contributed by atoms with Crippen molar-refractivity contribution in [2.75, 3.05) is 39.8 Å². The van der Waals surface area contributed by atoms with Crippen LogP contribution in [-0.4, -0.2) is 61.6 Å². The molecule has 0 radical (unpaired) electrons. The Labute approximate surface area is 173 Å². The number of hydrogen-bond donors (Lipinski definition) is 1. The molecule has 0 bridgehead atoms. The third-order valence-electron chi connectivity index (χ3n) is 7.26. The predicted octanol–water partition coefficient (Wildman–Crippen LogP) is 3.08. The predicted molar refractivity (Wildman–Crippen MR) is 112 cm³/mol. The van der Waals surface area contributed by atoms with Crippen LogP contribution in [0, 0.1) is 5.92 Å². The quantitative estimate of drug-likeness (QED) is 0.849. The van der Waals surface area contributed by atoms with E-state index >= 15 is 0 Å². The molecule has 2 amide bonds. The minimum atomic E-state index is -0.197. The topological polar surface area (TPSA) is 61.9 Å². The lowest BCUT2D eigenvalue weighted by atomic mass is 9.73. The average Bonchev–Trinajstić information content (AvgIpc) is 3.02. The van der Waals surface area contributed by atoms with Crippen molar-refractivity contribution in [2.45, 2.75) is 50.5 Å². The Balaban J connectivity index is 1.34. The van der Waals surface area contributed by atoms with E-state index in [1.807, 2.05) is 4.90 Å². The molecule has 158 valence electrons. The van der Waals surface area contributed by atoms with Gasteiger partial charge in [-0.1, -0.05) is 24.3 Å². The maximum atomic E-state index is 11.7. The van der Waals surface area contributed by atoms with Crippen molar-refractivity contribution in [3.05, 3.63) is 35.4 Å². The van der Waals surface area contributed by atoms with E-state index in [4.69, 9.17) is 4.74 Å². The number of methoxy groups -OCH3 is 1. The van der Waals surface area contributed by atoms with Crippen LogP contribution in [0.4, 0.5) is 4.79 Å². The van der Waals surface area contributed by atoms with E-state index in [0.29, 0.717) is 5.92 Å². The summed E-state index contributed by atoms with van der Waals surface area (Å²) in [4.78, 5) is 27.8. The van der Waals surface area contributed by atoms with Gasteiger partial charge in [-0.15, -0.1) is 0 Å². The summed E-state index contributed by atoms with van der Waals surface area (Å²) in [6.07, 6.45) is 5.26. The number of likely N-dealkylation sites (tertiary alicyclic amines) is 2. The molecule has 1 spiro atoms. The highest BCUT2D eigenvalue weighted by Crippen LogP contribution is 2.50. The lowest BCUT2D eigenvalue weighted by Gasteiger charge is -2.42. The van der Waals surface area contributed by atoms with Crippen molar-refractivity contribution in [1.82, 2.24) is 15.1 Å². The Hall–Kier alpha value is -2.08. The first-order chi connectivity index (χ1) is 14.0. The second kappa shape index (κ2) is 8.34. The normalized spacial score (nSPS) is 24.3. The molecule has 2 heterocycles. The number of amides is 2. The number of nitrogens with zero attached hydrogens (tertiary/aromatic N) is 2. The van der Waals surface area contributed by atoms with Gasteiger partial charge >= 0.3 is 6.09 Å². The van der Waals surface area contributed by atoms with Crippen LogP contribution in [0.5, 0.6) is 0 Å². The number of nitrogens with one attached hydrogen (secondary N) is 1. The van der Waals surface area contributed by atoms with E-state index < -0.39 is 0 Å². The van der Waals surface area contributed by atoms with E-state index in [-0.39, 0.29) is 23.5 Å². The summed E-state index contributed by atoms with van der Waals surface area (Å²) in [6, 6.07) is 8.83. The van der Waals surface area contributed by atoms with Gasteiger partial charge in [0.1, 0.15) is 0 Å². The molecule has 29 heavy (non-hydrogen) atoms. The van der Waals surface area contributed by atoms with Gasteiger partial charge in [-0.3, -0.25) is 4.79 Å². The lowest BCUT2D eigenvalue weighted by Crippen LogP contribution is -2.46. The van der Waals surface area contributed by atoms with Crippen LogP contribution in [0.1, 0.15) is 56.2 Å². The molecule has 1 atom stereocenters. The third kappa shape index (κ3) is 4.13. The van der Waals surface area contributed by atoms with Crippen molar-refractivity contribution >= 4 is 12.0 Å². The first-order valence-electron chi connectivity index (χ1n) is 10.9. The number of ether oxygens (including phenoxy) is 1. The number of carbonyl (C=O) groups is 2. The minimum Gasteiger partial charge on any atom is -0.453 e. The molecule has 6 heteroatoms. The molecule has 3 aliphatic rings. The van der Waals surface area contributed by atoms with Crippen molar-refractivity contribution in [3.8, 4) is 0 Å². The fourth-order valence-electron chi connectivity index (χ4n) is 5.70. The Bertz CT molecular complexity index is 749. The van der Waals surface area contributed by atoms with Gasteiger partial charge in [0.25, 0.3) is 0 Å². The summed E-state index contributed by atoms with van der Waals surface area (Å²) in [7, 11) is 1.45. The fraction of sp³-hybridized carbons (Fsp3) is 0.652. The van der Waals surface area contributed by atoms with E-state index in [0.717, 1.165) is 64.8 Å². The Morgan fingerprint density at radius 1 is 1.14 bits per heavy atom. The van der Waals surface area contributed by atoms with Crippen LogP contribution in [0.25, 0.3) is 0 Å². The van der Waals surface area contributed by atoms with Gasteiger partial charge in [0, 0.05) is 32.0 Å². The first-order valence-corrected chi connectivity index (χ1v) is 10.9. The molecule has 2 fully saturated rings. The summed E-state index contributed by atoms with van der Waals surface area (Å²) in [5, 5.41) is 3.17. The van der Waals surface area contributed by atoms with Crippen LogP contribution in [0.2, 0.25) is 0 Å². The SMILES string of the molecule is COC(=O)N1CCC(CN2CCC3(CC2)C[C@H](NC(C)=O)c2ccccc23)CC1. The number of hydrogen-bond acceptors (Lipinski definition) is 4. The van der Waals surface area contributed by atoms with Gasteiger partial charge < -0.3 is 19.9 Å². The molecular weight excluding hydrogens is 366 g/mol. The Kier molecular flexibility index (Phi) is 5.81. The molecular formula is C23H33N3O3. The van der Waals surface area contributed by atoms with E-state index in [1.54, 1.807) is 6.92 Å². The number of benzene rings is 1. The van der Waals surface area contributed by atoms with Gasteiger partial charge in [-0.25, -0.2) is 4.79 Å². The standard InChI is InChI=1S/C23H33N3O3/c1-17(27)24-21-15-23(20-6-4-3-5-19(20)21)9-13-25(14-10-23)16-18-7-11-26(12-8-18)22(28)29-2/h3-6,18,21H,7-16H2,1-2H3,(H,24,27)/t21-/m0/s1. The molecule has 0 aromatic heterocycles. The number of fused-ring (bicyclic) bond motifs is 2. The third-order valence-corrected chi connectivity index (χ3v) is 7.26. The van der Waals surface area contributed by atoms with Gasteiger partial charge in [0.05, 0.1) is 13.2 Å². The van der Waals surface area contributed by atoms with E-state index in [1.165, 1.54) is 18.2 Å². The average molecular weight is 400 g/mol. The molecule has 1 N–H and O–H groups in total. The lowest BCUT2D eigenvalue weighted by molar-refractivity contribution is -0.119. The maximum Gasteiger partial charge on any atom is 0.409 e. The number of piperidine rings is 2. The summed E-state index contributed by atoms with van der Waals surface area (Å²) >= 11 is 0. The van der Waals surface area contributed by atoms with Crippen molar-refractivity contribution in [2.24, 2.45) is 5.92 Å². The molecule has 0 saturated carbocycles. The minimum absolute atomic E-state index is 0.0533. The van der Waals surface area contributed by atoms with Gasteiger partial charge in [0.2, 0.25) is 5.91 Å². The molecule has 2 aliphatic heterocycles. The number of rotatable bonds is 3. The monoisotopic (exact) mass is 399 g/mol. The number of carbonyl (C=O) groups excluding carboxylic acids is 2. The highest BCUT2D eigenvalue weighted by Gasteiger charge is 2.45. The van der Waals surface area contributed by atoms with E-state index in [2.05, 4.69) is 34.5 Å². The maximum absolute atomic E-state index is 11.7. The second-order valence-electron chi connectivity index (χ2n) is 9.03. The molecule has 2 saturated heterocycles. The molecule has 1 aliphatic carbocycles. The molecule has 1 aromatic rings. The van der Waals surface area contributed by atoms with Gasteiger partial charge in [-0.05, 0) is 62.2 Å². The van der Waals surface area contributed by atoms with Crippen LogP contribution < -0.4 is 5.32 Å². The van der Waals surface area contributed by atoms with Gasteiger partial charge in [0.15, 0.2) is 0 Å². The molecule has 1 aromatic carbocycles. The molecule has 4 rings (SSSR count). The van der Waals surface area contributed by atoms with Crippen LogP contribution >= 0.6 is 0 Å². The van der Waals surface area contributed by atoms with Crippen LogP contribution in [0.3, 0.4) is 0 Å². The Morgan fingerprint density at radius 2 is 1.83 bits per heavy atom. The summed E-state index contributed by atoms with van der Waals surface area (Å²) < 4.78 is 4.84. The summed E-state index contributed by atoms with van der Waals surface area (Å²) in [5.74, 6) is 0.713. The van der Waals surface area contributed by atoms with Gasteiger partial charge in [-0.2, -0.15) is 0 Å². The zero-order valence-corrected chi connectivity index (χ0v) is 17.7. The van der Waals surface area contributed by atoms with Crippen molar-refractivity contribution < 1.29 is 14.3 Å². The summed E-state index contributed by atoms with van der Waals surface area (Å²) in [5.41, 5.74) is 2.96. The molecule has 0 unspecified atom stereocenters.